The number of methoxy groups -OCH3 is 1. The van der Waals surface area contributed by atoms with E-state index in [1.165, 1.54) is 37.7 Å². The van der Waals surface area contributed by atoms with Crippen LogP contribution < -0.4 is 0 Å². The van der Waals surface area contributed by atoms with Crippen molar-refractivity contribution < 1.29 is 9.53 Å². The number of carbonyl (C=O) groups is 1. The van der Waals surface area contributed by atoms with Gasteiger partial charge in [0, 0.05) is 19.6 Å². The van der Waals surface area contributed by atoms with Gasteiger partial charge in [0.15, 0.2) is 5.78 Å². The molecular formula is C22H31NO2. The number of Topliss-reactive ketones (excluding diaryl/α,β-unsaturated/α-hetero) is 1. The fraction of sp³-hybridized carbons (Fsp3) is 0.818. The number of nitrogens with zero attached hydrogens (tertiary/aromatic N) is 1. The summed E-state index contributed by atoms with van der Waals surface area (Å²) in [5.74, 6) is 3.07. The van der Waals surface area contributed by atoms with Gasteiger partial charge in [-0.3, -0.25) is 4.79 Å². The molecule has 0 bridgehead atoms. The van der Waals surface area contributed by atoms with E-state index < -0.39 is 0 Å². The van der Waals surface area contributed by atoms with E-state index in [1.54, 1.807) is 7.11 Å². The van der Waals surface area contributed by atoms with Crippen LogP contribution in [0.15, 0.2) is 11.6 Å². The van der Waals surface area contributed by atoms with Crippen molar-refractivity contribution in [1.82, 2.24) is 0 Å². The van der Waals surface area contributed by atoms with Gasteiger partial charge in [-0.05, 0) is 79.4 Å². The summed E-state index contributed by atoms with van der Waals surface area (Å²) >= 11 is 0. The maximum absolute atomic E-state index is 12.4. The van der Waals surface area contributed by atoms with E-state index in [-0.39, 0.29) is 16.9 Å². The van der Waals surface area contributed by atoms with Crippen molar-refractivity contribution >= 4 is 5.78 Å². The van der Waals surface area contributed by atoms with Crippen LogP contribution in [0.1, 0.15) is 65.2 Å². The van der Waals surface area contributed by atoms with Crippen LogP contribution in [0.4, 0.5) is 0 Å². The van der Waals surface area contributed by atoms with Crippen LogP contribution in [0, 0.1) is 45.8 Å². The molecule has 0 aromatic heterocycles. The molecule has 3 heteroatoms. The minimum atomic E-state index is -0.189. The van der Waals surface area contributed by atoms with Crippen molar-refractivity contribution in [3.05, 3.63) is 11.6 Å². The zero-order valence-corrected chi connectivity index (χ0v) is 15.9. The van der Waals surface area contributed by atoms with E-state index in [2.05, 4.69) is 19.9 Å². The van der Waals surface area contributed by atoms with Gasteiger partial charge in [0.05, 0.1) is 6.07 Å². The molecular weight excluding hydrogens is 310 g/mol. The number of hydrogen-bond donors (Lipinski definition) is 0. The Morgan fingerprint density at radius 3 is 2.72 bits per heavy atom. The molecule has 0 N–H and O–H groups in total. The molecule has 0 saturated heterocycles. The van der Waals surface area contributed by atoms with E-state index >= 15 is 0 Å². The predicted octanol–water partition coefficient (Wildman–Crippen LogP) is 4.67. The van der Waals surface area contributed by atoms with Crippen LogP contribution in [-0.4, -0.2) is 19.0 Å². The molecule has 25 heavy (non-hydrogen) atoms. The molecule has 7 atom stereocenters. The summed E-state index contributed by atoms with van der Waals surface area (Å²) < 4.78 is 5.56. The molecule has 4 rings (SSSR count). The second-order valence-corrected chi connectivity index (χ2v) is 9.55. The molecule has 0 radical (unpaired) electrons. The normalized spacial score (nSPS) is 50.7. The molecule has 4 fully saturated rings. The van der Waals surface area contributed by atoms with Gasteiger partial charge in [-0.2, -0.15) is 5.26 Å². The van der Waals surface area contributed by atoms with Crippen molar-refractivity contribution in [2.24, 2.45) is 34.5 Å². The molecule has 0 heterocycles. The molecule has 4 aliphatic carbocycles. The number of fused-ring (bicyclic) bond motifs is 5. The zero-order valence-electron chi connectivity index (χ0n) is 15.9. The van der Waals surface area contributed by atoms with Crippen LogP contribution in [-0.2, 0) is 9.53 Å². The van der Waals surface area contributed by atoms with Crippen molar-refractivity contribution in [2.45, 2.75) is 71.3 Å². The summed E-state index contributed by atoms with van der Waals surface area (Å²) in [6, 6.07) is 2.29. The first-order chi connectivity index (χ1) is 11.9. The van der Waals surface area contributed by atoms with E-state index in [9.17, 15) is 4.79 Å². The first-order valence-corrected chi connectivity index (χ1v) is 10.1. The molecule has 136 valence electrons. The zero-order chi connectivity index (χ0) is 17.8. The molecule has 0 spiro atoms. The second-order valence-electron chi connectivity index (χ2n) is 9.55. The standard InChI is InChI=1S/C22H31NO2/c1-21-10-8-18-16(17(21)7-5-14(21)9-11-23)6-4-15-12-19(24)20(25-3)13-22(15,18)2/h9,15-18,20H,4-8,10,12-13H2,1-3H3/b14-9-/t15-,16+,17+,18+,20+,21-,22+/m1/s1. The van der Waals surface area contributed by atoms with Crippen LogP contribution in [0.5, 0.6) is 0 Å². The van der Waals surface area contributed by atoms with E-state index in [1.807, 2.05) is 6.08 Å². The van der Waals surface area contributed by atoms with Crippen LogP contribution in [0.2, 0.25) is 0 Å². The lowest BCUT2D eigenvalue weighted by atomic mass is 9.45. The average Bonchev–Trinajstić information content (AvgIpc) is 2.92. The van der Waals surface area contributed by atoms with Crippen molar-refractivity contribution in [2.75, 3.05) is 7.11 Å². The summed E-state index contributed by atoms with van der Waals surface area (Å²) in [4.78, 5) is 12.4. The smallest absolute Gasteiger partial charge is 0.161 e. The molecule has 0 unspecified atom stereocenters. The van der Waals surface area contributed by atoms with Crippen LogP contribution >= 0.6 is 0 Å². The summed E-state index contributed by atoms with van der Waals surface area (Å²) in [6.45, 7) is 4.87. The van der Waals surface area contributed by atoms with Gasteiger partial charge in [0.25, 0.3) is 0 Å². The molecule has 0 aliphatic heterocycles. The summed E-state index contributed by atoms with van der Waals surface area (Å²) in [6.07, 6.45) is 10.6. The highest BCUT2D eigenvalue weighted by atomic mass is 16.5. The SMILES string of the molecule is CO[C@H]1C[C@@]2(C)[C@H](CC[C@@H]3[C@@H]2CC[C@]2(C)/C(=C\C#N)CC[C@@H]32)CC1=O. The van der Waals surface area contributed by atoms with Crippen LogP contribution in [0.25, 0.3) is 0 Å². The second kappa shape index (κ2) is 5.95. The number of allylic oxidation sites excluding steroid dienone is 2. The Morgan fingerprint density at radius 1 is 1.20 bits per heavy atom. The fourth-order valence-corrected chi connectivity index (χ4v) is 7.45. The summed E-state index contributed by atoms with van der Waals surface area (Å²) in [5.41, 5.74) is 1.89. The third kappa shape index (κ3) is 2.36. The van der Waals surface area contributed by atoms with Gasteiger partial charge >= 0.3 is 0 Å². The highest BCUT2D eigenvalue weighted by Crippen LogP contribution is 2.67. The maximum atomic E-state index is 12.4. The monoisotopic (exact) mass is 341 g/mol. The highest BCUT2D eigenvalue weighted by molar-refractivity contribution is 5.84. The molecule has 4 saturated carbocycles. The number of ether oxygens (including phenoxy) is 1. The fourth-order valence-electron chi connectivity index (χ4n) is 7.45. The van der Waals surface area contributed by atoms with Crippen molar-refractivity contribution in [3.63, 3.8) is 0 Å². The number of ketones is 1. The van der Waals surface area contributed by atoms with E-state index in [0.29, 0.717) is 11.7 Å². The third-order valence-electron chi connectivity index (χ3n) is 8.87. The predicted molar refractivity (Wildman–Crippen MR) is 96.6 cm³/mol. The highest BCUT2D eigenvalue weighted by Gasteiger charge is 2.60. The Bertz CT molecular complexity index is 647. The lowest BCUT2D eigenvalue weighted by Gasteiger charge is -2.60. The molecule has 0 amide bonds. The lowest BCUT2D eigenvalue weighted by Crippen LogP contribution is -2.55. The van der Waals surface area contributed by atoms with E-state index in [4.69, 9.17) is 10.00 Å². The number of hydrogen-bond acceptors (Lipinski definition) is 3. The van der Waals surface area contributed by atoms with Gasteiger partial charge < -0.3 is 4.74 Å². The van der Waals surface area contributed by atoms with Crippen molar-refractivity contribution in [3.8, 4) is 6.07 Å². The minimum absolute atomic E-state index is 0.189. The molecule has 0 aromatic rings. The summed E-state index contributed by atoms with van der Waals surface area (Å²) in [5, 5.41) is 9.17. The molecule has 0 aromatic carbocycles. The largest absolute Gasteiger partial charge is 0.374 e. The van der Waals surface area contributed by atoms with Gasteiger partial charge in [0.2, 0.25) is 0 Å². The Labute approximate surface area is 151 Å². The van der Waals surface area contributed by atoms with Crippen LogP contribution in [0.3, 0.4) is 0 Å². The first-order valence-electron chi connectivity index (χ1n) is 10.1. The van der Waals surface area contributed by atoms with Gasteiger partial charge in [0.1, 0.15) is 6.10 Å². The summed E-state index contributed by atoms with van der Waals surface area (Å²) in [7, 11) is 1.69. The van der Waals surface area contributed by atoms with Crippen molar-refractivity contribution in [1.29, 1.82) is 5.26 Å². The molecule has 4 aliphatic rings. The van der Waals surface area contributed by atoms with E-state index in [0.717, 1.165) is 37.0 Å². The Hall–Kier alpha value is -1.14. The first kappa shape index (κ1) is 17.3. The third-order valence-corrected chi connectivity index (χ3v) is 8.87. The Morgan fingerprint density at radius 2 is 2.00 bits per heavy atom. The average molecular weight is 341 g/mol. The molecule has 3 nitrogen and oxygen atoms in total. The Balaban J connectivity index is 1.64. The van der Waals surface area contributed by atoms with Gasteiger partial charge in [-0.25, -0.2) is 0 Å². The number of nitriles is 1. The van der Waals surface area contributed by atoms with Gasteiger partial charge in [-0.15, -0.1) is 0 Å². The topological polar surface area (TPSA) is 50.1 Å². The lowest BCUT2D eigenvalue weighted by molar-refractivity contribution is -0.155. The quantitative estimate of drug-likeness (QED) is 0.651. The minimum Gasteiger partial charge on any atom is -0.374 e. The number of rotatable bonds is 1. The Kier molecular flexibility index (Phi) is 4.11. The maximum Gasteiger partial charge on any atom is 0.161 e. The van der Waals surface area contributed by atoms with Gasteiger partial charge in [-0.1, -0.05) is 19.4 Å². The number of carbonyl (C=O) groups excluding carboxylic acids is 1.